The molecule has 2 rings (SSSR count). The maximum atomic E-state index is 12.8. The van der Waals surface area contributed by atoms with Crippen LogP contribution in [0.4, 0.5) is 0 Å². The zero-order valence-corrected chi connectivity index (χ0v) is 17.5. The quantitative estimate of drug-likeness (QED) is 0.760. The largest absolute Gasteiger partial charge is 0.340 e. The lowest BCUT2D eigenvalue weighted by Crippen LogP contribution is -2.55. The van der Waals surface area contributed by atoms with Crippen LogP contribution in [0.1, 0.15) is 26.7 Å². The Bertz CT molecular complexity index is 707. The van der Waals surface area contributed by atoms with Crippen LogP contribution in [0.15, 0.2) is 29.2 Å². The van der Waals surface area contributed by atoms with Crippen LogP contribution >= 0.6 is 24.0 Å². The van der Waals surface area contributed by atoms with Crippen molar-refractivity contribution in [1.29, 1.82) is 0 Å². The Hall–Kier alpha value is -0.860. The number of sulfonamides is 1. The van der Waals surface area contributed by atoms with Crippen molar-refractivity contribution in [2.75, 3.05) is 32.7 Å². The maximum absolute atomic E-state index is 12.8. The number of nitrogens with zero attached hydrogens (tertiary/aromatic N) is 2. The Balaban J connectivity index is 0.00000338. The number of nitrogens with two attached hydrogens (primary N) is 1. The molecule has 1 aliphatic rings. The molecule has 0 spiro atoms. The molecule has 0 saturated carbocycles. The van der Waals surface area contributed by atoms with Crippen LogP contribution in [-0.2, 0) is 14.8 Å². The van der Waals surface area contributed by atoms with E-state index in [4.69, 9.17) is 17.3 Å². The van der Waals surface area contributed by atoms with E-state index in [0.29, 0.717) is 37.5 Å². The van der Waals surface area contributed by atoms with Crippen LogP contribution in [0.25, 0.3) is 0 Å². The number of hydrogen-bond acceptors (Lipinski definition) is 4. The predicted molar refractivity (Wildman–Crippen MR) is 106 cm³/mol. The van der Waals surface area contributed by atoms with E-state index in [2.05, 4.69) is 0 Å². The Morgan fingerprint density at radius 3 is 2.23 bits per heavy atom. The number of amides is 1. The lowest BCUT2D eigenvalue weighted by molar-refractivity contribution is -0.143. The lowest BCUT2D eigenvalue weighted by atomic mass is 9.81. The first kappa shape index (κ1) is 23.2. The van der Waals surface area contributed by atoms with Crippen LogP contribution in [0, 0.1) is 5.41 Å². The Morgan fingerprint density at radius 1 is 1.19 bits per heavy atom. The molecule has 1 heterocycles. The molecule has 0 unspecified atom stereocenters. The van der Waals surface area contributed by atoms with E-state index in [9.17, 15) is 13.2 Å². The van der Waals surface area contributed by atoms with Crippen LogP contribution in [-0.4, -0.2) is 56.3 Å². The van der Waals surface area contributed by atoms with E-state index in [-0.39, 0.29) is 36.3 Å². The van der Waals surface area contributed by atoms with Gasteiger partial charge >= 0.3 is 0 Å². The van der Waals surface area contributed by atoms with Gasteiger partial charge in [0, 0.05) is 37.7 Å². The smallest absolute Gasteiger partial charge is 0.243 e. The second-order valence-corrected chi connectivity index (χ2v) is 8.72. The summed E-state index contributed by atoms with van der Waals surface area (Å²) in [5, 5.41) is 0.383. The van der Waals surface area contributed by atoms with Gasteiger partial charge in [0.25, 0.3) is 0 Å². The third kappa shape index (κ3) is 4.51. The SMILES string of the molecule is CCC(CC)(CN)C(=O)N1CCN(S(=O)(=O)c2cccc(Cl)c2)CC1.Cl. The van der Waals surface area contributed by atoms with Crippen molar-refractivity contribution in [2.45, 2.75) is 31.6 Å². The van der Waals surface area contributed by atoms with Gasteiger partial charge in [0.2, 0.25) is 15.9 Å². The van der Waals surface area contributed by atoms with Gasteiger partial charge < -0.3 is 10.6 Å². The molecule has 1 amide bonds. The third-order valence-electron chi connectivity index (χ3n) is 5.16. The highest BCUT2D eigenvalue weighted by molar-refractivity contribution is 7.89. The normalized spacial score (nSPS) is 16.2. The number of carbonyl (C=O) groups excluding carboxylic acids is 1. The van der Waals surface area contributed by atoms with Crippen molar-refractivity contribution in [3.8, 4) is 0 Å². The molecule has 26 heavy (non-hydrogen) atoms. The van der Waals surface area contributed by atoms with Gasteiger partial charge in [0.05, 0.1) is 10.3 Å². The summed E-state index contributed by atoms with van der Waals surface area (Å²) in [5.74, 6) is 0.0276. The summed E-state index contributed by atoms with van der Waals surface area (Å²) < 4.78 is 26.9. The molecule has 9 heteroatoms. The second-order valence-electron chi connectivity index (χ2n) is 6.35. The molecule has 2 N–H and O–H groups in total. The van der Waals surface area contributed by atoms with E-state index in [1.807, 2.05) is 13.8 Å². The topological polar surface area (TPSA) is 83.7 Å². The summed E-state index contributed by atoms with van der Waals surface area (Å²) in [6.45, 7) is 5.53. The van der Waals surface area contributed by atoms with Crippen molar-refractivity contribution in [3.05, 3.63) is 29.3 Å². The number of piperazine rings is 1. The average Bonchev–Trinajstić information content (AvgIpc) is 2.63. The van der Waals surface area contributed by atoms with Crippen LogP contribution in [0.3, 0.4) is 0 Å². The summed E-state index contributed by atoms with van der Waals surface area (Å²) in [5.41, 5.74) is 5.31. The molecule has 0 radical (unpaired) electrons. The Kier molecular flexibility index (Phi) is 8.35. The predicted octanol–water partition coefficient (Wildman–Crippen LogP) is 2.36. The summed E-state index contributed by atoms with van der Waals surface area (Å²) in [6, 6.07) is 6.24. The molecule has 1 fully saturated rings. The summed E-state index contributed by atoms with van der Waals surface area (Å²) >= 11 is 5.90. The standard InChI is InChI=1S/C17H26ClN3O3S.ClH/c1-3-17(4-2,13-19)16(22)20-8-10-21(11-9-20)25(23,24)15-7-5-6-14(18)12-15;/h5-7,12H,3-4,8-11,13,19H2,1-2H3;1H. The highest BCUT2D eigenvalue weighted by atomic mass is 35.5. The first-order valence-electron chi connectivity index (χ1n) is 8.56. The number of rotatable bonds is 6. The van der Waals surface area contributed by atoms with Crippen molar-refractivity contribution >= 4 is 39.9 Å². The fraction of sp³-hybridized carbons (Fsp3) is 0.588. The monoisotopic (exact) mass is 423 g/mol. The number of hydrogen-bond donors (Lipinski definition) is 1. The van der Waals surface area contributed by atoms with Gasteiger partial charge in [-0.15, -0.1) is 12.4 Å². The first-order chi connectivity index (χ1) is 11.8. The van der Waals surface area contributed by atoms with Crippen LogP contribution < -0.4 is 5.73 Å². The van der Waals surface area contributed by atoms with E-state index in [1.165, 1.54) is 16.4 Å². The molecule has 0 aromatic heterocycles. The minimum Gasteiger partial charge on any atom is -0.340 e. The van der Waals surface area contributed by atoms with Crippen molar-refractivity contribution in [1.82, 2.24) is 9.21 Å². The summed E-state index contributed by atoms with van der Waals surface area (Å²) in [6.07, 6.45) is 1.36. The van der Waals surface area contributed by atoms with Crippen LogP contribution in [0.2, 0.25) is 5.02 Å². The summed E-state index contributed by atoms with van der Waals surface area (Å²) in [7, 11) is -3.60. The molecule has 0 atom stereocenters. The van der Waals surface area contributed by atoms with Crippen LogP contribution in [0.5, 0.6) is 0 Å². The molecule has 1 saturated heterocycles. The minimum absolute atomic E-state index is 0. The maximum Gasteiger partial charge on any atom is 0.243 e. The van der Waals surface area contributed by atoms with Crippen molar-refractivity contribution < 1.29 is 13.2 Å². The molecule has 0 bridgehead atoms. The van der Waals surface area contributed by atoms with E-state index in [0.717, 1.165) is 0 Å². The second kappa shape index (κ2) is 9.37. The van der Waals surface area contributed by atoms with Gasteiger partial charge in [0.1, 0.15) is 0 Å². The molecule has 1 aliphatic heterocycles. The zero-order chi connectivity index (χ0) is 18.7. The van der Waals surface area contributed by atoms with Gasteiger partial charge in [-0.3, -0.25) is 4.79 Å². The van der Waals surface area contributed by atoms with E-state index in [1.54, 1.807) is 17.0 Å². The van der Waals surface area contributed by atoms with Gasteiger partial charge in [-0.1, -0.05) is 31.5 Å². The van der Waals surface area contributed by atoms with Gasteiger partial charge in [0.15, 0.2) is 0 Å². The van der Waals surface area contributed by atoms with Crippen molar-refractivity contribution in [3.63, 3.8) is 0 Å². The molecule has 0 aliphatic carbocycles. The van der Waals surface area contributed by atoms with E-state index < -0.39 is 15.4 Å². The number of benzene rings is 1. The fourth-order valence-electron chi connectivity index (χ4n) is 3.17. The summed E-state index contributed by atoms with van der Waals surface area (Å²) in [4.78, 5) is 14.8. The van der Waals surface area contributed by atoms with Gasteiger partial charge in [-0.25, -0.2) is 8.42 Å². The Morgan fingerprint density at radius 2 is 1.77 bits per heavy atom. The molecule has 148 valence electrons. The highest BCUT2D eigenvalue weighted by Crippen LogP contribution is 2.29. The molecule has 1 aromatic rings. The van der Waals surface area contributed by atoms with Crippen molar-refractivity contribution in [2.24, 2.45) is 11.1 Å². The van der Waals surface area contributed by atoms with Gasteiger partial charge in [-0.2, -0.15) is 4.31 Å². The highest BCUT2D eigenvalue weighted by Gasteiger charge is 2.39. The fourth-order valence-corrected chi connectivity index (χ4v) is 4.90. The molecular weight excluding hydrogens is 397 g/mol. The lowest BCUT2D eigenvalue weighted by Gasteiger charge is -2.39. The Labute approximate surface area is 167 Å². The number of carbonyl (C=O) groups is 1. The zero-order valence-electron chi connectivity index (χ0n) is 15.2. The third-order valence-corrected chi connectivity index (χ3v) is 7.29. The average molecular weight is 424 g/mol. The molecule has 6 nitrogen and oxygen atoms in total. The van der Waals surface area contributed by atoms with E-state index >= 15 is 0 Å². The molecule has 1 aromatic carbocycles. The number of halogens is 2. The molecular formula is C17H27Cl2N3O3S. The van der Waals surface area contributed by atoms with Gasteiger partial charge in [-0.05, 0) is 31.0 Å². The minimum atomic E-state index is -3.60. The first-order valence-corrected chi connectivity index (χ1v) is 10.4.